The van der Waals surface area contributed by atoms with Crippen LogP contribution in [-0.2, 0) is 30.3 Å². The number of rotatable bonds is 3. The summed E-state index contributed by atoms with van der Waals surface area (Å²) >= 11 is 0. The van der Waals surface area contributed by atoms with Crippen molar-refractivity contribution in [3.8, 4) is 0 Å². The number of ether oxygens (including phenoxy) is 4. The van der Waals surface area contributed by atoms with Gasteiger partial charge >= 0.3 is 18.2 Å². The fraction of sp³-hybridized carbons (Fsp3) is 0.571. The van der Waals surface area contributed by atoms with E-state index in [1.165, 1.54) is 16.9 Å². The van der Waals surface area contributed by atoms with Crippen molar-refractivity contribution < 1.29 is 33.3 Å². The van der Waals surface area contributed by atoms with Gasteiger partial charge in [0.2, 0.25) is 0 Å². The van der Waals surface area contributed by atoms with E-state index in [4.69, 9.17) is 18.9 Å². The van der Waals surface area contributed by atoms with E-state index in [1.807, 2.05) is 30.3 Å². The van der Waals surface area contributed by atoms with Crippen molar-refractivity contribution in [3.63, 3.8) is 0 Å². The molecule has 2 amide bonds. The van der Waals surface area contributed by atoms with Crippen LogP contribution in [0.25, 0.3) is 0 Å². The Morgan fingerprint density at radius 2 is 1.77 bits per heavy atom. The summed E-state index contributed by atoms with van der Waals surface area (Å²) in [7, 11) is 1.26. The molecule has 0 aliphatic carbocycles. The lowest BCUT2D eigenvalue weighted by atomic mass is 9.91. The molecule has 1 unspecified atom stereocenters. The fourth-order valence-electron chi connectivity index (χ4n) is 3.43. The Morgan fingerprint density at radius 1 is 1.10 bits per heavy atom. The lowest BCUT2D eigenvalue weighted by Gasteiger charge is -2.54. The van der Waals surface area contributed by atoms with Crippen LogP contribution in [0.15, 0.2) is 30.3 Å². The molecule has 164 valence electrons. The van der Waals surface area contributed by atoms with Gasteiger partial charge in [-0.2, -0.15) is 0 Å². The Balaban J connectivity index is 1.64. The van der Waals surface area contributed by atoms with E-state index in [9.17, 15) is 14.4 Å². The first-order valence-corrected chi connectivity index (χ1v) is 9.79. The molecular weight excluding hydrogens is 392 g/mol. The Labute approximate surface area is 175 Å². The number of esters is 1. The third-order valence-electron chi connectivity index (χ3n) is 4.90. The second-order valence-electron chi connectivity index (χ2n) is 8.54. The predicted octanol–water partition coefficient (Wildman–Crippen LogP) is 2.19. The van der Waals surface area contributed by atoms with Crippen molar-refractivity contribution in [1.82, 2.24) is 9.80 Å². The Hall–Kier alpha value is -2.81. The van der Waals surface area contributed by atoms with Gasteiger partial charge in [0.1, 0.15) is 17.8 Å². The third kappa shape index (κ3) is 5.02. The summed E-state index contributed by atoms with van der Waals surface area (Å²) in [5, 5.41) is 0. The van der Waals surface area contributed by atoms with Crippen LogP contribution in [0.1, 0.15) is 26.3 Å². The summed E-state index contributed by atoms with van der Waals surface area (Å²) in [6, 6.07) is 8.36. The van der Waals surface area contributed by atoms with E-state index >= 15 is 0 Å². The van der Waals surface area contributed by atoms with Crippen LogP contribution < -0.4 is 0 Å². The van der Waals surface area contributed by atoms with Crippen LogP contribution in [0.4, 0.5) is 9.59 Å². The van der Waals surface area contributed by atoms with Gasteiger partial charge in [-0.3, -0.25) is 4.90 Å². The van der Waals surface area contributed by atoms with Crippen LogP contribution in [0, 0.1) is 0 Å². The molecule has 0 aromatic heterocycles. The van der Waals surface area contributed by atoms with Gasteiger partial charge < -0.3 is 23.8 Å². The molecule has 0 saturated carbocycles. The number of carbonyl (C=O) groups excluding carboxylic acids is 3. The van der Waals surface area contributed by atoms with Gasteiger partial charge in [0, 0.05) is 0 Å². The van der Waals surface area contributed by atoms with Gasteiger partial charge in [0.15, 0.2) is 6.04 Å². The molecule has 1 aromatic carbocycles. The topological polar surface area (TPSA) is 94.6 Å². The summed E-state index contributed by atoms with van der Waals surface area (Å²) in [4.78, 5) is 40.0. The van der Waals surface area contributed by atoms with Crippen LogP contribution in [0.5, 0.6) is 0 Å². The van der Waals surface area contributed by atoms with E-state index in [2.05, 4.69) is 0 Å². The zero-order chi connectivity index (χ0) is 21.9. The Bertz CT molecular complexity index is 784. The van der Waals surface area contributed by atoms with Gasteiger partial charge in [-0.1, -0.05) is 30.3 Å². The number of methoxy groups -OCH3 is 1. The number of carbonyl (C=O) groups is 3. The average molecular weight is 420 g/mol. The quantitative estimate of drug-likeness (QED) is 0.546. The van der Waals surface area contributed by atoms with Crippen molar-refractivity contribution in [2.45, 2.75) is 44.6 Å². The van der Waals surface area contributed by atoms with Crippen molar-refractivity contribution >= 4 is 18.2 Å². The highest BCUT2D eigenvalue weighted by Gasteiger charge is 2.54. The first-order valence-electron chi connectivity index (χ1n) is 9.79. The van der Waals surface area contributed by atoms with E-state index in [-0.39, 0.29) is 32.8 Å². The number of hydrogen-bond donors (Lipinski definition) is 0. The van der Waals surface area contributed by atoms with Crippen molar-refractivity contribution in [2.75, 3.05) is 33.4 Å². The number of nitrogens with zero attached hydrogens (tertiary/aromatic N) is 2. The van der Waals surface area contributed by atoms with Crippen LogP contribution in [-0.4, -0.2) is 78.6 Å². The van der Waals surface area contributed by atoms with Crippen LogP contribution in [0.2, 0.25) is 0 Å². The minimum Gasteiger partial charge on any atom is -0.467 e. The highest BCUT2D eigenvalue weighted by atomic mass is 16.6. The number of hydrogen-bond acceptors (Lipinski definition) is 7. The smallest absolute Gasteiger partial charge is 0.411 e. The summed E-state index contributed by atoms with van der Waals surface area (Å²) in [6.45, 7) is 6.07. The number of amides is 2. The molecule has 0 bridgehead atoms. The second-order valence-corrected chi connectivity index (χ2v) is 8.54. The monoisotopic (exact) mass is 420 g/mol. The summed E-state index contributed by atoms with van der Waals surface area (Å²) in [5.41, 5.74) is -0.521. The molecule has 0 radical (unpaired) electrons. The summed E-state index contributed by atoms with van der Waals surface area (Å²) in [6.07, 6.45) is -1.07. The fourth-order valence-corrected chi connectivity index (χ4v) is 3.43. The Kier molecular flexibility index (Phi) is 6.21. The van der Waals surface area contributed by atoms with Crippen molar-refractivity contribution in [2.24, 2.45) is 0 Å². The zero-order valence-corrected chi connectivity index (χ0v) is 17.8. The van der Waals surface area contributed by atoms with Crippen LogP contribution in [0.3, 0.4) is 0 Å². The number of morpholine rings is 1. The van der Waals surface area contributed by atoms with Crippen molar-refractivity contribution in [1.29, 1.82) is 0 Å². The highest BCUT2D eigenvalue weighted by molar-refractivity contribution is 5.82. The SMILES string of the molecule is COC(=O)C1COC2(CN(C(=O)OC(C)(C)C)C2)CN1C(=O)OCc1ccccc1. The molecule has 1 aromatic rings. The summed E-state index contributed by atoms with van der Waals surface area (Å²) < 4.78 is 21.5. The molecule has 30 heavy (non-hydrogen) atoms. The maximum Gasteiger partial charge on any atom is 0.411 e. The highest BCUT2D eigenvalue weighted by Crippen LogP contribution is 2.33. The zero-order valence-electron chi connectivity index (χ0n) is 17.8. The minimum absolute atomic E-state index is 0.0325. The predicted molar refractivity (Wildman–Crippen MR) is 106 cm³/mol. The molecule has 9 heteroatoms. The maximum absolute atomic E-state index is 12.8. The van der Waals surface area contributed by atoms with Gasteiger partial charge in [-0.05, 0) is 26.3 Å². The van der Waals surface area contributed by atoms with Gasteiger partial charge in [0.25, 0.3) is 0 Å². The second kappa shape index (κ2) is 8.51. The first kappa shape index (κ1) is 21.9. The number of benzene rings is 1. The molecule has 1 spiro atoms. The lowest BCUT2D eigenvalue weighted by molar-refractivity contribution is -0.197. The van der Waals surface area contributed by atoms with E-state index in [0.717, 1.165) is 5.56 Å². The van der Waals surface area contributed by atoms with E-state index < -0.39 is 35.4 Å². The summed E-state index contributed by atoms with van der Waals surface area (Å²) in [5.74, 6) is -0.579. The molecule has 2 fully saturated rings. The maximum atomic E-state index is 12.8. The molecule has 2 saturated heterocycles. The first-order chi connectivity index (χ1) is 14.1. The molecule has 2 heterocycles. The molecule has 9 nitrogen and oxygen atoms in total. The van der Waals surface area contributed by atoms with Crippen LogP contribution >= 0.6 is 0 Å². The van der Waals surface area contributed by atoms with Gasteiger partial charge in [-0.15, -0.1) is 0 Å². The van der Waals surface area contributed by atoms with E-state index in [1.54, 1.807) is 20.8 Å². The molecule has 0 N–H and O–H groups in total. The standard InChI is InChI=1S/C21H28N2O7/c1-20(2,3)30-18(25)22-12-21(13-22)14-23(16(11-29-21)17(24)27-4)19(26)28-10-15-8-6-5-7-9-15/h5-9,16H,10-14H2,1-4H3. The molecular formula is C21H28N2O7. The average Bonchev–Trinajstić information content (AvgIpc) is 2.68. The van der Waals surface area contributed by atoms with E-state index in [0.29, 0.717) is 0 Å². The minimum atomic E-state index is -0.903. The largest absolute Gasteiger partial charge is 0.467 e. The molecule has 2 aliphatic rings. The van der Waals surface area contributed by atoms with Gasteiger partial charge in [-0.25, -0.2) is 14.4 Å². The van der Waals surface area contributed by atoms with Gasteiger partial charge in [0.05, 0.1) is 33.4 Å². The normalized spacial score (nSPS) is 20.3. The molecule has 3 rings (SSSR count). The number of likely N-dealkylation sites (tertiary alicyclic amines) is 1. The third-order valence-corrected chi connectivity index (χ3v) is 4.90. The lowest BCUT2D eigenvalue weighted by Crippen LogP contribution is -2.74. The van der Waals surface area contributed by atoms with Crippen molar-refractivity contribution in [3.05, 3.63) is 35.9 Å². The molecule has 1 atom stereocenters. The molecule has 2 aliphatic heterocycles. The Morgan fingerprint density at radius 3 is 2.37 bits per heavy atom.